The first-order valence-electron chi connectivity index (χ1n) is 6.08. The van der Waals surface area contributed by atoms with Crippen LogP contribution in [-0.4, -0.2) is 12.2 Å². The maximum atomic E-state index is 13.7. The molecule has 2 aromatic rings. The summed E-state index contributed by atoms with van der Waals surface area (Å²) in [5.41, 5.74) is 0.720. The minimum atomic E-state index is -0.430. The standard InChI is InChI=1S/C16H11FN2O2/c1-21-15-7-11(8-18)12(13(9-19)16(15)20)6-10-4-2-3-5-14(10)17/h2-5,7,20H,6H2,1H3. The Balaban J connectivity index is 2.64. The van der Waals surface area contributed by atoms with Crippen molar-refractivity contribution in [2.45, 2.75) is 6.42 Å². The van der Waals surface area contributed by atoms with E-state index in [0.29, 0.717) is 5.56 Å². The number of phenols is 1. The summed E-state index contributed by atoms with van der Waals surface area (Å²) in [6.45, 7) is 0. The number of aromatic hydroxyl groups is 1. The largest absolute Gasteiger partial charge is 0.503 e. The summed E-state index contributed by atoms with van der Waals surface area (Å²) < 4.78 is 18.7. The Kier molecular flexibility index (Phi) is 4.06. The Morgan fingerprint density at radius 3 is 2.52 bits per heavy atom. The highest BCUT2D eigenvalue weighted by Gasteiger charge is 2.19. The molecular weight excluding hydrogens is 271 g/mol. The Hall–Kier alpha value is -3.05. The van der Waals surface area contributed by atoms with Crippen molar-refractivity contribution in [3.8, 4) is 23.6 Å². The van der Waals surface area contributed by atoms with Gasteiger partial charge in [0.2, 0.25) is 0 Å². The van der Waals surface area contributed by atoms with E-state index in [9.17, 15) is 20.0 Å². The van der Waals surface area contributed by atoms with Gasteiger partial charge in [-0.25, -0.2) is 4.39 Å². The molecule has 0 aromatic heterocycles. The molecule has 0 bridgehead atoms. The lowest BCUT2D eigenvalue weighted by Crippen LogP contribution is -2.01. The van der Waals surface area contributed by atoms with Crippen molar-refractivity contribution in [1.29, 1.82) is 10.5 Å². The van der Waals surface area contributed by atoms with Gasteiger partial charge in [-0.05, 0) is 17.2 Å². The molecule has 0 amide bonds. The Bertz CT molecular complexity index is 773. The Labute approximate surface area is 121 Å². The summed E-state index contributed by atoms with van der Waals surface area (Å²) >= 11 is 0. The number of benzene rings is 2. The third-order valence-corrected chi connectivity index (χ3v) is 3.15. The van der Waals surface area contributed by atoms with Crippen LogP contribution in [0.1, 0.15) is 22.3 Å². The van der Waals surface area contributed by atoms with Gasteiger partial charge in [0.1, 0.15) is 17.4 Å². The van der Waals surface area contributed by atoms with Crippen LogP contribution in [0.4, 0.5) is 4.39 Å². The molecule has 0 aliphatic carbocycles. The number of nitrogens with zero attached hydrogens (tertiary/aromatic N) is 2. The van der Waals surface area contributed by atoms with Crippen LogP contribution >= 0.6 is 0 Å². The fourth-order valence-electron chi connectivity index (χ4n) is 2.08. The monoisotopic (exact) mass is 282 g/mol. The fourth-order valence-corrected chi connectivity index (χ4v) is 2.08. The fraction of sp³-hybridized carbons (Fsp3) is 0.125. The number of hydrogen-bond donors (Lipinski definition) is 1. The lowest BCUT2D eigenvalue weighted by molar-refractivity contribution is 0.372. The molecule has 0 saturated carbocycles. The number of nitriles is 2. The average molecular weight is 282 g/mol. The maximum absolute atomic E-state index is 13.7. The van der Waals surface area contributed by atoms with Crippen molar-refractivity contribution in [3.05, 3.63) is 58.4 Å². The molecule has 4 nitrogen and oxygen atoms in total. The first-order valence-corrected chi connectivity index (χ1v) is 6.08. The molecule has 0 saturated heterocycles. The zero-order valence-corrected chi connectivity index (χ0v) is 11.2. The second-order valence-corrected chi connectivity index (χ2v) is 4.32. The van der Waals surface area contributed by atoms with Crippen LogP contribution in [0.5, 0.6) is 11.5 Å². The molecule has 0 radical (unpaired) electrons. The lowest BCUT2D eigenvalue weighted by atomic mass is 9.94. The van der Waals surface area contributed by atoms with Gasteiger partial charge in [-0.1, -0.05) is 18.2 Å². The molecule has 0 unspecified atom stereocenters. The van der Waals surface area contributed by atoms with Crippen LogP contribution in [0.25, 0.3) is 0 Å². The highest BCUT2D eigenvalue weighted by molar-refractivity contribution is 5.62. The highest BCUT2D eigenvalue weighted by Crippen LogP contribution is 2.35. The molecular formula is C16H11FN2O2. The molecule has 0 atom stereocenters. The molecule has 1 N–H and O–H groups in total. The molecule has 5 heteroatoms. The molecule has 21 heavy (non-hydrogen) atoms. The SMILES string of the molecule is COc1cc(C#N)c(Cc2ccccc2F)c(C#N)c1O. The van der Waals surface area contributed by atoms with E-state index in [2.05, 4.69) is 0 Å². The minimum absolute atomic E-state index is 0.0377. The van der Waals surface area contributed by atoms with Gasteiger partial charge < -0.3 is 9.84 Å². The van der Waals surface area contributed by atoms with Crippen LogP contribution < -0.4 is 4.74 Å². The van der Waals surface area contributed by atoms with Gasteiger partial charge in [0.05, 0.1) is 18.7 Å². The number of methoxy groups -OCH3 is 1. The average Bonchev–Trinajstić information content (AvgIpc) is 2.50. The predicted octanol–water partition coefficient (Wildman–Crippen LogP) is 2.87. The second-order valence-electron chi connectivity index (χ2n) is 4.32. The molecule has 2 rings (SSSR count). The maximum Gasteiger partial charge on any atom is 0.176 e. The van der Waals surface area contributed by atoms with Gasteiger partial charge in [0.15, 0.2) is 11.5 Å². The van der Waals surface area contributed by atoms with E-state index in [-0.39, 0.29) is 34.6 Å². The Morgan fingerprint density at radius 1 is 1.24 bits per heavy atom. The van der Waals surface area contributed by atoms with Crippen LogP contribution in [0.3, 0.4) is 0 Å². The second kappa shape index (κ2) is 5.94. The van der Waals surface area contributed by atoms with Gasteiger partial charge in [0, 0.05) is 12.5 Å². The molecule has 0 aliphatic heterocycles. The zero-order valence-electron chi connectivity index (χ0n) is 11.2. The van der Waals surface area contributed by atoms with Crippen molar-refractivity contribution in [3.63, 3.8) is 0 Å². The van der Waals surface area contributed by atoms with E-state index >= 15 is 0 Å². The number of phenolic OH excluding ortho intramolecular Hbond substituents is 1. The molecule has 0 fully saturated rings. The summed E-state index contributed by atoms with van der Waals surface area (Å²) in [6, 6.07) is 11.2. The number of halogens is 1. The van der Waals surface area contributed by atoms with Crippen LogP contribution in [0, 0.1) is 28.5 Å². The molecule has 0 spiro atoms. The quantitative estimate of drug-likeness (QED) is 0.939. The zero-order chi connectivity index (χ0) is 15.4. The van der Waals surface area contributed by atoms with Gasteiger partial charge in [-0.2, -0.15) is 10.5 Å². The van der Waals surface area contributed by atoms with Gasteiger partial charge in [0.25, 0.3) is 0 Å². The van der Waals surface area contributed by atoms with Crippen LogP contribution in [0.2, 0.25) is 0 Å². The van der Waals surface area contributed by atoms with E-state index in [0.717, 1.165) is 0 Å². The van der Waals surface area contributed by atoms with Crippen molar-refractivity contribution in [2.75, 3.05) is 7.11 Å². The summed E-state index contributed by atoms with van der Waals surface area (Å²) in [6.07, 6.45) is 0.0377. The summed E-state index contributed by atoms with van der Waals surface area (Å²) in [4.78, 5) is 0. The van der Waals surface area contributed by atoms with Gasteiger partial charge in [-0.3, -0.25) is 0 Å². The van der Waals surface area contributed by atoms with Crippen molar-refractivity contribution in [2.24, 2.45) is 0 Å². The Morgan fingerprint density at radius 2 is 1.95 bits per heavy atom. The third kappa shape index (κ3) is 2.63. The van der Waals surface area contributed by atoms with E-state index in [1.165, 1.54) is 19.2 Å². The first-order chi connectivity index (χ1) is 10.1. The molecule has 0 heterocycles. The molecule has 104 valence electrons. The van der Waals surface area contributed by atoms with Gasteiger partial charge >= 0.3 is 0 Å². The smallest absolute Gasteiger partial charge is 0.176 e. The van der Waals surface area contributed by atoms with Crippen molar-refractivity contribution >= 4 is 0 Å². The van der Waals surface area contributed by atoms with Gasteiger partial charge in [-0.15, -0.1) is 0 Å². The van der Waals surface area contributed by atoms with Crippen LogP contribution in [0.15, 0.2) is 30.3 Å². The predicted molar refractivity (Wildman–Crippen MR) is 73.3 cm³/mol. The van der Waals surface area contributed by atoms with E-state index in [1.54, 1.807) is 18.2 Å². The van der Waals surface area contributed by atoms with Crippen molar-refractivity contribution < 1.29 is 14.2 Å². The van der Waals surface area contributed by atoms with Crippen molar-refractivity contribution in [1.82, 2.24) is 0 Å². The van der Waals surface area contributed by atoms with E-state index < -0.39 is 5.82 Å². The number of rotatable bonds is 3. The first kappa shape index (κ1) is 14.4. The van der Waals surface area contributed by atoms with Crippen LogP contribution in [-0.2, 0) is 6.42 Å². The number of hydrogen-bond acceptors (Lipinski definition) is 4. The van der Waals surface area contributed by atoms with E-state index in [1.807, 2.05) is 12.1 Å². The normalized spacial score (nSPS) is 9.71. The summed E-state index contributed by atoms with van der Waals surface area (Å²) in [7, 11) is 1.33. The third-order valence-electron chi connectivity index (χ3n) is 3.15. The van der Waals surface area contributed by atoms with E-state index in [4.69, 9.17) is 4.74 Å². The highest BCUT2D eigenvalue weighted by atomic mass is 19.1. The topological polar surface area (TPSA) is 77.0 Å². The number of ether oxygens (including phenoxy) is 1. The summed E-state index contributed by atoms with van der Waals surface area (Å²) in [5, 5.41) is 28.4. The minimum Gasteiger partial charge on any atom is -0.503 e. The summed E-state index contributed by atoms with van der Waals surface area (Å²) in [5.74, 6) is -0.730. The molecule has 0 aliphatic rings. The molecule has 2 aromatic carbocycles. The lowest BCUT2D eigenvalue weighted by Gasteiger charge is -2.12.